The molecule has 1 aromatic carbocycles. The van der Waals surface area contributed by atoms with Gasteiger partial charge in [0.2, 0.25) is 0 Å². The number of benzene rings is 1. The number of amides is 1. The fourth-order valence-electron chi connectivity index (χ4n) is 4.00. The minimum atomic E-state index is -2.80. The number of phenols is 1. The highest BCUT2D eigenvalue weighted by atomic mass is 19.3. The molecule has 1 unspecified atom stereocenters. The summed E-state index contributed by atoms with van der Waals surface area (Å²) >= 11 is 0. The van der Waals surface area contributed by atoms with E-state index < -0.39 is 35.2 Å². The molecule has 1 amide bonds. The lowest BCUT2D eigenvalue weighted by molar-refractivity contribution is -0.0100. The first-order valence-electron chi connectivity index (χ1n) is 10.1. The molecule has 32 heavy (non-hydrogen) atoms. The second-order valence-corrected chi connectivity index (χ2v) is 8.91. The number of anilines is 2. The molecule has 8 nitrogen and oxygen atoms in total. The number of piperazine rings is 1. The van der Waals surface area contributed by atoms with Gasteiger partial charge in [0.1, 0.15) is 11.1 Å². The number of fused-ring (bicyclic) bond motifs is 3. The second kappa shape index (κ2) is 7.72. The van der Waals surface area contributed by atoms with Crippen molar-refractivity contribution in [3.63, 3.8) is 0 Å². The molecule has 0 radical (unpaired) electrons. The molecule has 1 fully saturated rings. The highest BCUT2D eigenvalue weighted by Gasteiger charge is 2.53. The van der Waals surface area contributed by atoms with Gasteiger partial charge < -0.3 is 25.0 Å². The van der Waals surface area contributed by atoms with Gasteiger partial charge >= 0.3 is 6.09 Å². The predicted octanol–water partition coefficient (Wildman–Crippen LogP) is 3.47. The molecule has 2 aromatic rings. The zero-order chi connectivity index (χ0) is 23.3. The first-order valence-corrected chi connectivity index (χ1v) is 10.1. The van der Waals surface area contributed by atoms with E-state index in [0.29, 0.717) is 11.5 Å². The Balaban J connectivity index is 1.70. The van der Waals surface area contributed by atoms with E-state index >= 15 is 0 Å². The van der Waals surface area contributed by atoms with Crippen molar-refractivity contribution in [3.8, 4) is 17.0 Å². The molecule has 2 aliphatic rings. The number of para-hydroxylation sites is 1. The first-order chi connectivity index (χ1) is 15.0. The molecule has 2 aliphatic heterocycles. The molecule has 11 heteroatoms. The molecule has 1 aromatic heterocycles. The Kier molecular flexibility index (Phi) is 5.30. The van der Waals surface area contributed by atoms with E-state index in [1.54, 1.807) is 20.8 Å². The van der Waals surface area contributed by atoms with Crippen LogP contribution in [0, 0.1) is 5.82 Å². The fourth-order valence-corrected chi connectivity index (χ4v) is 4.00. The van der Waals surface area contributed by atoms with Crippen LogP contribution in [0.1, 0.15) is 20.8 Å². The van der Waals surface area contributed by atoms with Crippen LogP contribution in [0.25, 0.3) is 11.3 Å². The van der Waals surface area contributed by atoms with Crippen molar-refractivity contribution >= 4 is 17.6 Å². The number of halogens is 3. The molecule has 2 N–H and O–H groups in total. The Morgan fingerprint density at radius 2 is 2.03 bits per heavy atom. The SMILES string of the molecule is CC(C)(C)OC(=O)N1CCN2c3cc(-c4cccc(F)c4O)nnc3NCC2(C(F)F)C1. The number of carbonyl (C=O) groups is 1. The number of aromatic hydroxyl groups is 1. The van der Waals surface area contributed by atoms with Crippen molar-refractivity contribution in [2.24, 2.45) is 0 Å². The zero-order valence-electron chi connectivity index (χ0n) is 17.9. The molecule has 0 spiro atoms. The van der Waals surface area contributed by atoms with Crippen LogP contribution in [0.4, 0.5) is 29.5 Å². The fraction of sp³-hybridized carbons (Fsp3) is 0.476. The summed E-state index contributed by atoms with van der Waals surface area (Å²) < 4.78 is 48.1. The van der Waals surface area contributed by atoms with E-state index in [1.807, 2.05) is 0 Å². The standard InChI is InChI=1S/C21H24F3N5O3/c1-20(2,3)32-19(31)28-7-8-29-15-9-14(12-5-4-6-13(22)16(12)30)26-27-17(15)25-10-21(29,11-28)18(23)24/h4-6,9,18,30H,7-8,10-11H2,1-3H3,(H,25,27). The molecule has 1 saturated heterocycles. The number of rotatable bonds is 2. The van der Waals surface area contributed by atoms with Gasteiger partial charge in [-0.3, -0.25) is 0 Å². The van der Waals surface area contributed by atoms with Crippen molar-refractivity contribution < 1.29 is 27.8 Å². The Labute approximate surface area is 183 Å². The minimum Gasteiger partial charge on any atom is -0.504 e. The number of carbonyl (C=O) groups excluding carboxylic acids is 1. The van der Waals surface area contributed by atoms with Gasteiger partial charge in [0.15, 0.2) is 17.4 Å². The topological polar surface area (TPSA) is 90.8 Å². The van der Waals surface area contributed by atoms with Gasteiger partial charge in [-0.1, -0.05) is 6.07 Å². The van der Waals surface area contributed by atoms with E-state index in [-0.39, 0.29) is 37.4 Å². The number of hydrogen-bond donors (Lipinski definition) is 2. The Morgan fingerprint density at radius 3 is 2.72 bits per heavy atom. The number of nitrogens with one attached hydrogen (secondary N) is 1. The number of ether oxygens (including phenoxy) is 1. The third kappa shape index (κ3) is 3.76. The predicted molar refractivity (Wildman–Crippen MR) is 111 cm³/mol. The maximum absolute atomic E-state index is 14.5. The van der Waals surface area contributed by atoms with Gasteiger partial charge in [-0.25, -0.2) is 18.0 Å². The van der Waals surface area contributed by atoms with E-state index in [9.17, 15) is 23.1 Å². The van der Waals surface area contributed by atoms with E-state index in [1.165, 1.54) is 28.0 Å². The Bertz CT molecular complexity index is 1050. The third-order valence-electron chi connectivity index (χ3n) is 5.54. The molecule has 172 valence electrons. The van der Waals surface area contributed by atoms with Crippen LogP contribution in [0.15, 0.2) is 24.3 Å². The van der Waals surface area contributed by atoms with Crippen LogP contribution in [0.2, 0.25) is 0 Å². The van der Waals surface area contributed by atoms with Crippen LogP contribution >= 0.6 is 0 Å². The van der Waals surface area contributed by atoms with Crippen molar-refractivity contribution in [1.29, 1.82) is 0 Å². The number of hydrogen-bond acceptors (Lipinski definition) is 7. The molecule has 0 bridgehead atoms. The third-order valence-corrected chi connectivity index (χ3v) is 5.54. The number of nitrogens with zero attached hydrogens (tertiary/aromatic N) is 4. The van der Waals surface area contributed by atoms with Gasteiger partial charge in [-0.05, 0) is 39.0 Å². The minimum absolute atomic E-state index is 0.0981. The van der Waals surface area contributed by atoms with E-state index in [0.717, 1.165) is 6.07 Å². The number of phenolic OH excluding ortho intramolecular Hbond substituents is 1. The summed E-state index contributed by atoms with van der Waals surface area (Å²) in [7, 11) is 0. The van der Waals surface area contributed by atoms with Crippen LogP contribution < -0.4 is 10.2 Å². The van der Waals surface area contributed by atoms with Crippen LogP contribution in [0.3, 0.4) is 0 Å². The largest absolute Gasteiger partial charge is 0.504 e. The lowest BCUT2D eigenvalue weighted by atomic mass is 9.91. The molecule has 0 aliphatic carbocycles. The summed E-state index contributed by atoms with van der Waals surface area (Å²) in [5, 5.41) is 21.0. The van der Waals surface area contributed by atoms with Crippen molar-refractivity contribution in [3.05, 3.63) is 30.1 Å². The molecule has 1 atom stereocenters. The second-order valence-electron chi connectivity index (χ2n) is 8.91. The Hall–Kier alpha value is -3.24. The lowest BCUT2D eigenvalue weighted by Crippen LogP contribution is -2.71. The van der Waals surface area contributed by atoms with Crippen LogP contribution in [-0.2, 0) is 4.74 Å². The van der Waals surface area contributed by atoms with Gasteiger partial charge in [0.05, 0.1) is 17.9 Å². The summed E-state index contributed by atoms with van der Waals surface area (Å²) in [6, 6.07) is 5.46. The molecular formula is C21H24F3N5O3. The van der Waals surface area contributed by atoms with E-state index in [2.05, 4.69) is 15.5 Å². The van der Waals surface area contributed by atoms with Crippen molar-refractivity contribution in [2.75, 3.05) is 36.4 Å². The smallest absolute Gasteiger partial charge is 0.410 e. The van der Waals surface area contributed by atoms with Gasteiger partial charge in [0, 0.05) is 25.2 Å². The lowest BCUT2D eigenvalue weighted by Gasteiger charge is -2.53. The monoisotopic (exact) mass is 451 g/mol. The van der Waals surface area contributed by atoms with Crippen LogP contribution in [0.5, 0.6) is 5.75 Å². The zero-order valence-corrected chi connectivity index (χ0v) is 17.9. The maximum atomic E-state index is 14.5. The average molecular weight is 451 g/mol. The van der Waals surface area contributed by atoms with Gasteiger partial charge in [-0.2, -0.15) is 0 Å². The van der Waals surface area contributed by atoms with Gasteiger partial charge in [0.25, 0.3) is 6.43 Å². The summed E-state index contributed by atoms with van der Waals surface area (Å²) in [5.41, 5.74) is -1.88. The number of aromatic nitrogens is 2. The highest BCUT2D eigenvalue weighted by Crippen LogP contribution is 2.42. The first kappa shape index (κ1) is 22.0. The summed E-state index contributed by atoms with van der Waals surface area (Å²) in [5.74, 6) is -1.12. The van der Waals surface area contributed by atoms with Crippen molar-refractivity contribution in [2.45, 2.75) is 38.3 Å². The molecule has 3 heterocycles. The number of alkyl halides is 2. The maximum Gasteiger partial charge on any atom is 0.410 e. The van der Waals surface area contributed by atoms with Crippen molar-refractivity contribution in [1.82, 2.24) is 15.1 Å². The average Bonchev–Trinajstić information content (AvgIpc) is 2.73. The van der Waals surface area contributed by atoms with E-state index in [4.69, 9.17) is 4.74 Å². The summed E-state index contributed by atoms with van der Waals surface area (Å²) in [6.07, 6.45) is -3.45. The normalized spacial score (nSPS) is 20.5. The van der Waals surface area contributed by atoms with Gasteiger partial charge in [-0.15, -0.1) is 10.2 Å². The molecular weight excluding hydrogens is 427 g/mol. The molecule has 4 rings (SSSR count). The quantitative estimate of drug-likeness (QED) is 0.723. The summed E-state index contributed by atoms with van der Waals surface area (Å²) in [4.78, 5) is 15.3. The summed E-state index contributed by atoms with van der Waals surface area (Å²) in [6.45, 7) is 5.01. The Morgan fingerprint density at radius 1 is 1.28 bits per heavy atom. The van der Waals surface area contributed by atoms with Crippen LogP contribution in [-0.4, -0.2) is 70.0 Å². The highest BCUT2D eigenvalue weighted by molar-refractivity contribution is 5.78. The molecule has 0 saturated carbocycles.